The monoisotopic (exact) mass is 365 g/mol. The van der Waals surface area contributed by atoms with Gasteiger partial charge >= 0.3 is 5.69 Å². The van der Waals surface area contributed by atoms with Gasteiger partial charge in [-0.1, -0.05) is 13.8 Å². The lowest BCUT2D eigenvalue weighted by Gasteiger charge is -2.09. The van der Waals surface area contributed by atoms with Gasteiger partial charge in [0.05, 0.1) is 4.47 Å². The van der Waals surface area contributed by atoms with E-state index in [9.17, 15) is 9.59 Å². The summed E-state index contributed by atoms with van der Waals surface area (Å²) >= 11 is 3.35. The van der Waals surface area contributed by atoms with Crippen LogP contribution in [-0.4, -0.2) is 23.5 Å². The molecule has 0 aliphatic heterocycles. The Morgan fingerprint density at radius 2 is 1.82 bits per heavy atom. The number of fused-ring (bicyclic) bond motifs is 3. The zero-order valence-corrected chi connectivity index (χ0v) is 14.0. The predicted octanol–water partition coefficient (Wildman–Crippen LogP) is 1.79. The summed E-state index contributed by atoms with van der Waals surface area (Å²) < 4.78 is 5.23. The minimum atomic E-state index is -0.318. The quantitative estimate of drug-likeness (QED) is 0.706. The van der Waals surface area contributed by atoms with Crippen LogP contribution < -0.4 is 11.2 Å². The summed E-state index contributed by atoms with van der Waals surface area (Å²) in [6.07, 6.45) is 4.86. The maximum atomic E-state index is 12.7. The molecule has 0 bridgehead atoms. The van der Waals surface area contributed by atoms with Crippen LogP contribution in [0.4, 0.5) is 0 Å². The van der Waals surface area contributed by atoms with Crippen molar-refractivity contribution in [3.05, 3.63) is 37.7 Å². The zero-order valence-electron chi connectivity index (χ0n) is 12.4. The lowest BCUT2D eigenvalue weighted by atomic mass is 10.4. The summed E-state index contributed by atoms with van der Waals surface area (Å²) in [5.41, 5.74) is 0.172. The molecule has 0 N–H and O–H groups in total. The van der Waals surface area contributed by atoms with Gasteiger partial charge < -0.3 is 0 Å². The second-order valence-electron chi connectivity index (χ2n) is 5.12. The fourth-order valence-electron chi connectivity index (χ4n) is 2.58. The van der Waals surface area contributed by atoms with E-state index in [0.29, 0.717) is 36.5 Å². The van der Waals surface area contributed by atoms with Gasteiger partial charge in [0.2, 0.25) is 5.78 Å². The number of halogens is 1. The number of hydrogen-bond acceptors (Lipinski definition) is 4. The van der Waals surface area contributed by atoms with Gasteiger partial charge in [0.15, 0.2) is 11.2 Å². The molecule has 0 spiro atoms. The van der Waals surface area contributed by atoms with Crippen molar-refractivity contribution in [3.8, 4) is 0 Å². The van der Waals surface area contributed by atoms with Crippen LogP contribution in [0, 0.1) is 0 Å². The van der Waals surface area contributed by atoms with E-state index >= 15 is 0 Å². The topological polar surface area (TPSA) is 74.2 Å². The Bertz CT molecular complexity index is 969. The summed E-state index contributed by atoms with van der Waals surface area (Å²) in [7, 11) is 0. The molecule has 3 aromatic heterocycles. The van der Waals surface area contributed by atoms with Gasteiger partial charge in [0, 0.05) is 25.5 Å². The van der Waals surface area contributed by atoms with Gasteiger partial charge in [-0.15, -0.1) is 0 Å². The van der Waals surface area contributed by atoms with Crippen LogP contribution in [0.1, 0.15) is 26.7 Å². The Hall–Kier alpha value is -1.96. The smallest absolute Gasteiger partial charge is 0.276 e. The van der Waals surface area contributed by atoms with Crippen molar-refractivity contribution in [1.29, 1.82) is 0 Å². The Labute approximate surface area is 134 Å². The largest absolute Gasteiger partial charge is 0.332 e. The molecular formula is C14H16BrN5O2. The van der Waals surface area contributed by atoms with Crippen molar-refractivity contribution >= 4 is 32.9 Å². The Kier molecular flexibility index (Phi) is 3.86. The van der Waals surface area contributed by atoms with Gasteiger partial charge in [-0.25, -0.2) is 9.78 Å². The van der Waals surface area contributed by atoms with E-state index in [1.165, 1.54) is 4.57 Å². The lowest BCUT2D eigenvalue weighted by Crippen LogP contribution is -2.40. The maximum absolute atomic E-state index is 12.7. The Balaban J connectivity index is 2.54. The fraction of sp³-hybridized carbons (Fsp3) is 0.429. The van der Waals surface area contributed by atoms with Crippen LogP contribution >= 0.6 is 15.9 Å². The first kappa shape index (κ1) is 15.0. The summed E-state index contributed by atoms with van der Waals surface area (Å²) in [5, 5.41) is 0. The molecule has 3 heterocycles. The first-order valence-electron chi connectivity index (χ1n) is 7.25. The molecule has 0 saturated carbocycles. The van der Waals surface area contributed by atoms with Gasteiger partial charge in [-0.2, -0.15) is 4.98 Å². The normalized spacial score (nSPS) is 11.6. The standard InChI is InChI=1S/C14H16BrN5O2/c1-3-5-18-11-10(12(21)19(6-4-2)14(18)22)20-8-9(15)7-16-13(20)17-11/h7-8H,3-6H2,1-2H3. The number of hydrogen-bond donors (Lipinski definition) is 0. The third kappa shape index (κ3) is 2.18. The minimum absolute atomic E-state index is 0.302. The Morgan fingerprint density at radius 3 is 2.50 bits per heavy atom. The molecule has 0 aliphatic carbocycles. The van der Waals surface area contributed by atoms with Crippen molar-refractivity contribution in [2.75, 3.05) is 0 Å². The van der Waals surface area contributed by atoms with E-state index < -0.39 is 0 Å². The van der Waals surface area contributed by atoms with E-state index in [4.69, 9.17) is 0 Å². The number of nitrogens with zero attached hydrogens (tertiary/aromatic N) is 5. The zero-order chi connectivity index (χ0) is 15.9. The van der Waals surface area contributed by atoms with Crippen LogP contribution in [0.25, 0.3) is 16.9 Å². The molecular weight excluding hydrogens is 350 g/mol. The first-order valence-corrected chi connectivity index (χ1v) is 8.04. The molecule has 0 aromatic carbocycles. The molecule has 0 atom stereocenters. The number of rotatable bonds is 4. The highest BCUT2D eigenvalue weighted by molar-refractivity contribution is 9.10. The van der Waals surface area contributed by atoms with E-state index in [1.54, 1.807) is 21.4 Å². The summed E-state index contributed by atoms with van der Waals surface area (Å²) in [6.45, 7) is 4.83. The minimum Gasteiger partial charge on any atom is -0.276 e. The third-order valence-electron chi connectivity index (χ3n) is 3.49. The molecule has 0 unspecified atom stereocenters. The van der Waals surface area contributed by atoms with Crippen molar-refractivity contribution in [2.45, 2.75) is 39.8 Å². The van der Waals surface area contributed by atoms with Gasteiger partial charge in [0.1, 0.15) is 0 Å². The molecule has 116 valence electrons. The Morgan fingerprint density at radius 1 is 1.14 bits per heavy atom. The SMILES string of the molecule is CCCn1c(=O)c2c(nc3ncc(Br)cn32)n(CCC)c1=O. The van der Waals surface area contributed by atoms with E-state index in [2.05, 4.69) is 25.9 Å². The molecule has 3 aromatic rings. The molecule has 0 saturated heterocycles. The molecule has 3 rings (SSSR count). The van der Waals surface area contributed by atoms with Crippen molar-refractivity contribution in [1.82, 2.24) is 23.5 Å². The van der Waals surface area contributed by atoms with Crippen molar-refractivity contribution in [2.24, 2.45) is 0 Å². The third-order valence-corrected chi connectivity index (χ3v) is 3.90. The number of imidazole rings is 1. The van der Waals surface area contributed by atoms with E-state index in [0.717, 1.165) is 10.9 Å². The fourth-order valence-corrected chi connectivity index (χ4v) is 2.89. The molecule has 0 radical (unpaired) electrons. The average molecular weight is 366 g/mol. The number of aromatic nitrogens is 5. The average Bonchev–Trinajstić information content (AvgIpc) is 2.86. The van der Waals surface area contributed by atoms with Crippen molar-refractivity contribution < 1.29 is 0 Å². The van der Waals surface area contributed by atoms with Crippen LogP contribution in [0.15, 0.2) is 26.5 Å². The van der Waals surface area contributed by atoms with Gasteiger partial charge in [-0.05, 0) is 28.8 Å². The van der Waals surface area contributed by atoms with Crippen LogP contribution in [0.2, 0.25) is 0 Å². The molecule has 8 heteroatoms. The van der Waals surface area contributed by atoms with Crippen molar-refractivity contribution in [3.63, 3.8) is 0 Å². The number of aryl methyl sites for hydroxylation is 1. The summed E-state index contributed by atoms with van der Waals surface area (Å²) in [5.74, 6) is 0.411. The molecule has 22 heavy (non-hydrogen) atoms. The molecule has 7 nitrogen and oxygen atoms in total. The highest BCUT2D eigenvalue weighted by Crippen LogP contribution is 2.14. The van der Waals surface area contributed by atoms with Crippen LogP contribution in [0.5, 0.6) is 0 Å². The second-order valence-corrected chi connectivity index (χ2v) is 6.03. The molecule has 0 aliphatic rings. The maximum Gasteiger partial charge on any atom is 0.332 e. The molecule has 0 amide bonds. The second kappa shape index (κ2) is 5.68. The van der Waals surface area contributed by atoms with Gasteiger partial charge in [-0.3, -0.25) is 18.3 Å². The van der Waals surface area contributed by atoms with Crippen LogP contribution in [0.3, 0.4) is 0 Å². The lowest BCUT2D eigenvalue weighted by molar-refractivity contribution is 0.555. The predicted molar refractivity (Wildman–Crippen MR) is 87.3 cm³/mol. The summed E-state index contributed by atoms with van der Waals surface area (Å²) in [6, 6.07) is 0. The highest BCUT2D eigenvalue weighted by atomic mass is 79.9. The van der Waals surface area contributed by atoms with Gasteiger partial charge in [0.25, 0.3) is 5.56 Å². The first-order chi connectivity index (χ1) is 10.6. The molecule has 0 fully saturated rings. The summed E-state index contributed by atoms with van der Waals surface area (Å²) in [4.78, 5) is 33.9. The van der Waals surface area contributed by atoms with E-state index in [-0.39, 0.29) is 11.2 Å². The van der Waals surface area contributed by atoms with E-state index in [1.807, 2.05) is 13.8 Å². The van der Waals surface area contributed by atoms with Crippen LogP contribution in [-0.2, 0) is 13.1 Å². The highest BCUT2D eigenvalue weighted by Gasteiger charge is 2.18.